The van der Waals surface area contributed by atoms with Crippen LogP contribution in [0.25, 0.3) is 16.6 Å². The van der Waals surface area contributed by atoms with Gasteiger partial charge in [-0.2, -0.15) is 0 Å². The van der Waals surface area contributed by atoms with Gasteiger partial charge in [0.25, 0.3) is 0 Å². The summed E-state index contributed by atoms with van der Waals surface area (Å²) in [6.07, 6.45) is 0.784. The molecule has 5 nitrogen and oxygen atoms in total. The lowest BCUT2D eigenvalue weighted by Crippen LogP contribution is -2.05. The molecule has 114 valence electrons. The van der Waals surface area contributed by atoms with Gasteiger partial charge in [0.05, 0.1) is 11.2 Å². The van der Waals surface area contributed by atoms with Gasteiger partial charge in [-0.1, -0.05) is 31.2 Å². The van der Waals surface area contributed by atoms with Crippen LogP contribution in [0.1, 0.15) is 12.7 Å². The van der Waals surface area contributed by atoms with Crippen LogP contribution in [0.4, 0.5) is 11.6 Å². The molecule has 0 aliphatic rings. The number of anilines is 2. The predicted octanol–water partition coefficient (Wildman–Crippen LogP) is 4.35. The highest BCUT2D eigenvalue weighted by Crippen LogP contribution is 2.27. The van der Waals surface area contributed by atoms with Crippen molar-refractivity contribution in [1.82, 2.24) is 19.6 Å². The topological polar surface area (TPSA) is 55.1 Å². The highest BCUT2D eigenvalue weighted by molar-refractivity contribution is 9.10. The average Bonchev–Trinajstić information content (AvgIpc) is 3.02. The lowest BCUT2D eigenvalue weighted by molar-refractivity contribution is 0.904. The Hall–Kier alpha value is -2.47. The van der Waals surface area contributed by atoms with Gasteiger partial charge in [0.15, 0.2) is 5.65 Å². The summed E-state index contributed by atoms with van der Waals surface area (Å²) in [6.45, 7) is 2.06. The number of rotatable bonds is 3. The first kappa shape index (κ1) is 14.1. The second-order valence-electron chi connectivity index (χ2n) is 5.19. The summed E-state index contributed by atoms with van der Waals surface area (Å²) < 4.78 is 2.97. The van der Waals surface area contributed by atoms with Gasteiger partial charge >= 0.3 is 0 Å². The van der Waals surface area contributed by atoms with Gasteiger partial charge in [-0.05, 0) is 40.2 Å². The van der Waals surface area contributed by atoms with Crippen LogP contribution in [0.3, 0.4) is 0 Å². The number of para-hydroxylation sites is 2. The number of nitrogens with one attached hydrogen (secondary N) is 1. The second kappa shape index (κ2) is 5.62. The molecule has 23 heavy (non-hydrogen) atoms. The highest BCUT2D eigenvalue weighted by atomic mass is 79.9. The molecule has 6 heteroatoms. The van der Waals surface area contributed by atoms with Crippen molar-refractivity contribution < 1.29 is 0 Å². The summed E-state index contributed by atoms with van der Waals surface area (Å²) in [5.41, 5.74) is 2.67. The molecule has 0 atom stereocenters. The summed E-state index contributed by atoms with van der Waals surface area (Å²) in [5, 5.41) is 13.1. The third-order valence-electron chi connectivity index (χ3n) is 3.75. The SMILES string of the molecule is CCc1nnc2c3ccccc3nc(Nc3ccccc3Br)n12. The molecule has 4 aromatic rings. The maximum Gasteiger partial charge on any atom is 0.215 e. The van der Waals surface area contributed by atoms with Crippen LogP contribution in [0.5, 0.6) is 0 Å². The van der Waals surface area contributed by atoms with Crippen LogP contribution in [0.15, 0.2) is 53.0 Å². The van der Waals surface area contributed by atoms with Crippen molar-refractivity contribution in [2.24, 2.45) is 0 Å². The van der Waals surface area contributed by atoms with Crippen molar-refractivity contribution >= 4 is 44.1 Å². The first-order valence-corrected chi connectivity index (χ1v) is 8.21. The Labute approximate surface area is 141 Å². The van der Waals surface area contributed by atoms with Gasteiger partial charge in [-0.15, -0.1) is 10.2 Å². The number of nitrogens with zero attached hydrogens (tertiary/aromatic N) is 4. The lowest BCUT2D eigenvalue weighted by Gasteiger charge is -2.12. The quantitative estimate of drug-likeness (QED) is 0.584. The van der Waals surface area contributed by atoms with Crippen LogP contribution >= 0.6 is 15.9 Å². The summed E-state index contributed by atoms with van der Waals surface area (Å²) >= 11 is 3.56. The van der Waals surface area contributed by atoms with Crippen molar-refractivity contribution in [2.45, 2.75) is 13.3 Å². The van der Waals surface area contributed by atoms with E-state index < -0.39 is 0 Å². The minimum Gasteiger partial charge on any atom is -0.324 e. The minimum atomic E-state index is 0.715. The molecule has 0 fully saturated rings. The van der Waals surface area contributed by atoms with Gasteiger partial charge in [0, 0.05) is 16.3 Å². The van der Waals surface area contributed by atoms with E-state index in [0.29, 0.717) is 5.95 Å². The molecule has 0 unspecified atom stereocenters. The maximum absolute atomic E-state index is 4.77. The van der Waals surface area contributed by atoms with Crippen LogP contribution in [-0.4, -0.2) is 19.6 Å². The zero-order valence-electron chi connectivity index (χ0n) is 12.5. The van der Waals surface area contributed by atoms with E-state index in [1.807, 2.05) is 52.9 Å². The number of halogens is 1. The Morgan fingerprint density at radius 2 is 1.83 bits per heavy atom. The molecule has 2 aromatic heterocycles. The smallest absolute Gasteiger partial charge is 0.215 e. The third-order valence-corrected chi connectivity index (χ3v) is 4.44. The first-order valence-electron chi connectivity index (χ1n) is 7.42. The maximum atomic E-state index is 4.77. The zero-order chi connectivity index (χ0) is 15.8. The predicted molar refractivity (Wildman–Crippen MR) is 95.1 cm³/mol. The number of fused-ring (bicyclic) bond motifs is 3. The van der Waals surface area contributed by atoms with Crippen LogP contribution in [-0.2, 0) is 6.42 Å². The molecule has 0 radical (unpaired) electrons. The Morgan fingerprint density at radius 3 is 2.65 bits per heavy atom. The summed E-state index contributed by atoms with van der Waals surface area (Å²) in [5.74, 6) is 1.60. The largest absolute Gasteiger partial charge is 0.324 e. The van der Waals surface area contributed by atoms with Crippen molar-refractivity contribution in [2.75, 3.05) is 5.32 Å². The molecular formula is C17H14BrN5. The molecule has 0 spiro atoms. The second-order valence-corrected chi connectivity index (χ2v) is 6.04. The summed E-state index contributed by atoms with van der Waals surface area (Å²) in [7, 11) is 0. The fourth-order valence-electron chi connectivity index (χ4n) is 2.63. The molecule has 1 N–H and O–H groups in total. The normalized spacial score (nSPS) is 11.2. The van der Waals surface area contributed by atoms with Crippen LogP contribution < -0.4 is 5.32 Å². The highest BCUT2D eigenvalue weighted by Gasteiger charge is 2.14. The number of hydrogen-bond donors (Lipinski definition) is 1. The monoisotopic (exact) mass is 367 g/mol. The molecule has 0 saturated heterocycles. The van der Waals surface area contributed by atoms with E-state index in [1.54, 1.807) is 0 Å². The first-order chi connectivity index (χ1) is 11.3. The third kappa shape index (κ3) is 2.35. The molecular weight excluding hydrogens is 354 g/mol. The standard InChI is InChI=1S/C17H14BrN5/c1-2-15-21-22-16-11-7-3-5-9-13(11)19-17(23(15)16)20-14-10-6-4-8-12(14)18/h3-10H,2H2,1H3,(H,19,20). The van der Waals surface area contributed by atoms with Crippen molar-refractivity contribution in [3.8, 4) is 0 Å². The molecule has 0 saturated carbocycles. The van der Waals surface area contributed by atoms with E-state index in [9.17, 15) is 0 Å². The van der Waals surface area contributed by atoms with Gasteiger partial charge in [0.2, 0.25) is 5.95 Å². The van der Waals surface area contributed by atoms with E-state index in [0.717, 1.165) is 39.0 Å². The van der Waals surface area contributed by atoms with E-state index in [1.165, 1.54) is 0 Å². The number of aryl methyl sites for hydroxylation is 1. The van der Waals surface area contributed by atoms with Gasteiger partial charge in [-0.25, -0.2) is 9.38 Å². The van der Waals surface area contributed by atoms with E-state index in [2.05, 4.69) is 38.4 Å². The van der Waals surface area contributed by atoms with Crippen LogP contribution in [0.2, 0.25) is 0 Å². The van der Waals surface area contributed by atoms with Crippen molar-refractivity contribution in [1.29, 1.82) is 0 Å². The minimum absolute atomic E-state index is 0.715. The fraction of sp³-hybridized carbons (Fsp3) is 0.118. The molecule has 0 aliphatic heterocycles. The average molecular weight is 368 g/mol. The van der Waals surface area contributed by atoms with Gasteiger partial charge in [0.1, 0.15) is 5.82 Å². The van der Waals surface area contributed by atoms with Crippen molar-refractivity contribution in [3.63, 3.8) is 0 Å². The Morgan fingerprint density at radius 1 is 1.04 bits per heavy atom. The Bertz CT molecular complexity index is 1010. The zero-order valence-corrected chi connectivity index (χ0v) is 14.1. The molecule has 0 amide bonds. The molecule has 0 aliphatic carbocycles. The van der Waals surface area contributed by atoms with E-state index in [-0.39, 0.29) is 0 Å². The molecule has 4 rings (SSSR count). The van der Waals surface area contributed by atoms with Crippen molar-refractivity contribution in [3.05, 3.63) is 58.8 Å². The van der Waals surface area contributed by atoms with E-state index in [4.69, 9.17) is 4.98 Å². The Kier molecular flexibility index (Phi) is 3.46. The summed E-state index contributed by atoms with van der Waals surface area (Å²) in [4.78, 5) is 4.77. The molecule has 0 bridgehead atoms. The van der Waals surface area contributed by atoms with E-state index >= 15 is 0 Å². The fourth-order valence-corrected chi connectivity index (χ4v) is 3.02. The molecule has 2 heterocycles. The number of benzene rings is 2. The van der Waals surface area contributed by atoms with Gasteiger partial charge in [-0.3, -0.25) is 0 Å². The number of hydrogen-bond acceptors (Lipinski definition) is 4. The summed E-state index contributed by atoms with van der Waals surface area (Å²) in [6, 6.07) is 15.9. The number of aromatic nitrogens is 4. The van der Waals surface area contributed by atoms with Gasteiger partial charge < -0.3 is 5.32 Å². The Balaban J connectivity index is 1.99. The molecule has 2 aromatic carbocycles. The van der Waals surface area contributed by atoms with Crippen LogP contribution in [0, 0.1) is 0 Å². The lowest BCUT2D eigenvalue weighted by atomic mass is 10.2.